The highest BCUT2D eigenvalue weighted by Gasteiger charge is 2.31. The van der Waals surface area contributed by atoms with Crippen LogP contribution in [0.1, 0.15) is 158 Å². The standard InChI is InChI=1S/C40H60O6/c1-5-7-9-11-13-15-17-19-36-28-42-39(44-30(36)3)33-22-20-32(21-23-33)38(41)46-37-26-24-34(25-27-37)40-43-29-35(31(4)45-40)18-16-14-12-10-8-6-2/h20-27,30-31,35-36,39-40H,5-19,28-29H2,1-4H3/t30-,31-,35+,36+,39+,40+/m0/s1. The largest absolute Gasteiger partial charge is 0.423 e. The summed E-state index contributed by atoms with van der Waals surface area (Å²) in [6.07, 6.45) is 18.8. The minimum Gasteiger partial charge on any atom is -0.423 e. The Hall–Kier alpha value is -2.25. The Balaban J connectivity index is 1.16. The molecule has 0 unspecified atom stereocenters. The minimum atomic E-state index is -0.407. The van der Waals surface area contributed by atoms with Crippen molar-refractivity contribution in [1.29, 1.82) is 0 Å². The van der Waals surface area contributed by atoms with E-state index in [0.717, 1.165) is 24.0 Å². The Bertz CT molecular complexity index is 1120. The van der Waals surface area contributed by atoms with Crippen LogP contribution in [0.3, 0.4) is 0 Å². The Morgan fingerprint density at radius 1 is 0.609 bits per heavy atom. The van der Waals surface area contributed by atoms with E-state index in [2.05, 4.69) is 27.7 Å². The fourth-order valence-corrected chi connectivity index (χ4v) is 6.56. The lowest BCUT2D eigenvalue weighted by molar-refractivity contribution is -0.237. The topological polar surface area (TPSA) is 63.2 Å². The highest BCUT2D eigenvalue weighted by atomic mass is 16.7. The number of rotatable bonds is 19. The zero-order chi connectivity index (χ0) is 32.6. The summed E-state index contributed by atoms with van der Waals surface area (Å²) in [5.74, 6) is 0.955. The number of hydrogen-bond donors (Lipinski definition) is 0. The van der Waals surface area contributed by atoms with E-state index in [4.69, 9.17) is 23.7 Å². The molecule has 2 heterocycles. The van der Waals surface area contributed by atoms with Gasteiger partial charge < -0.3 is 23.7 Å². The Morgan fingerprint density at radius 2 is 1.02 bits per heavy atom. The van der Waals surface area contributed by atoms with E-state index in [1.54, 1.807) is 24.3 Å². The van der Waals surface area contributed by atoms with Gasteiger partial charge in [-0.15, -0.1) is 0 Å². The van der Waals surface area contributed by atoms with Gasteiger partial charge in [-0.1, -0.05) is 122 Å². The van der Waals surface area contributed by atoms with Crippen molar-refractivity contribution in [1.82, 2.24) is 0 Å². The number of carbonyl (C=O) groups is 1. The predicted octanol–water partition coefficient (Wildman–Crippen LogP) is 10.9. The van der Waals surface area contributed by atoms with Crippen LogP contribution >= 0.6 is 0 Å². The van der Waals surface area contributed by atoms with Gasteiger partial charge >= 0.3 is 5.97 Å². The molecule has 0 aromatic heterocycles. The summed E-state index contributed by atoms with van der Waals surface area (Å²) in [5, 5.41) is 0. The summed E-state index contributed by atoms with van der Waals surface area (Å²) in [7, 11) is 0. The molecular weight excluding hydrogens is 576 g/mol. The SMILES string of the molecule is CCCCCCCCC[C@@H]1CO[C@@H](c2ccc(C(=O)Oc3ccc([C@@H]4OC[C@@H](CCCCCCCC)[C@H](C)O4)cc3)cc2)O[C@H]1C. The lowest BCUT2D eigenvalue weighted by Crippen LogP contribution is -2.34. The molecule has 0 radical (unpaired) electrons. The van der Waals surface area contributed by atoms with E-state index in [1.807, 2.05) is 24.3 Å². The van der Waals surface area contributed by atoms with E-state index >= 15 is 0 Å². The highest BCUT2D eigenvalue weighted by molar-refractivity contribution is 5.91. The van der Waals surface area contributed by atoms with Gasteiger partial charge in [0.05, 0.1) is 31.0 Å². The van der Waals surface area contributed by atoms with Gasteiger partial charge in [-0.25, -0.2) is 4.79 Å². The lowest BCUT2D eigenvalue weighted by atomic mass is 9.95. The summed E-state index contributed by atoms with van der Waals surface area (Å²) in [5.41, 5.74) is 2.33. The Morgan fingerprint density at radius 3 is 1.46 bits per heavy atom. The van der Waals surface area contributed by atoms with E-state index < -0.39 is 18.5 Å². The van der Waals surface area contributed by atoms with Crippen LogP contribution in [0.25, 0.3) is 0 Å². The number of hydrogen-bond acceptors (Lipinski definition) is 6. The van der Waals surface area contributed by atoms with E-state index in [1.165, 1.54) is 83.5 Å². The molecule has 6 nitrogen and oxygen atoms in total. The third-order valence-corrected chi connectivity index (χ3v) is 9.82. The number of esters is 1. The number of unbranched alkanes of at least 4 members (excludes halogenated alkanes) is 11. The van der Waals surface area contributed by atoms with Crippen LogP contribution in [0.15, 0.2) is 48.5 Å². The van der Waals surface area contributed by atoms with Gasteiger partial charge in [-0.2, -0.15) is 0 Å². The third kappa shape index (κ3) is 11.8. The number of benzene rings is 2. The van der Waals surface area contributed by atoms with Gasteiger partial charge in [0.15, 0.2) is 12.6 Å². The molecule has 0 aliphatic carbocycles. The molecule has 2 saturated heterocycles. The normalized spacial score (nSPS) is 25.0. The highest BCUT2D eigenvalue weighted by Crippen LogP contribution is 2.34. The maximum absolute atomic E-state index is 12.9. The molecule has 2 fully saturated rings. The quantitative estimate of drug-likeness (QED) is 0.0868. The zero-order valence-electron chi connectivity index (χ0n) is 29.1. The molecule has 256 valence electrons. The molecule has 4 rings (SSSR count). The van der Waals surface area contributed by atoms with Crippen LogP contribution in [-0.2, 0) is 18.9 Å². The van der Waals surface area contributed by atoms with Gasteiger partial charge in [0.25, 0.3) is 0 Å². The summed E-state index contributed by atoms with van der Waals surface area (Å²) >= 11 is 0. The van der Waals surface area contributed by atoms with Gasteiger partial charge in [-0.05, 0) is 51.0 Å². The predicted molar refractivity (Wildman–Crippen MR) is 184 cm³/mol. The number of ether oxygens (including phenoxy) is 5. The van der Waals surface area contributed by atoms with Crippen LogP contribution in [0.4, 0.5) is 0 Å². The van der Waals surface area contributed by atoms with Crippen molar-refractivity contribution in [2.24, 2.45) is 11.8 Å². The molecule has 0 saturated carbocycles. The van der Waals surface area contributed by atoms with Crippen LogP contribution in [0.2, 0.25) is 0 Å². The van der Waals surface area contributed by atoms with E-state index in [9.17, 15) is 4.79 Å². The monoisotopic (exact) mass is 636 g/mol. The second-order valence-electron chi connectivity index (χ2n) is 13.6. The molecule has 2 aliphatic rings. The first kappa shape index (κ1) is 36.6. The van der Waals surface area contributed by atoms with Crippen molar-refractivity contribution < 1.29 is 28.5 Å². The van der Waals surface area contributed by atoms with E-state index in [-0.39, 0.29) is 12.2 Å². The molecule has 0 spiro atoms. The van der Waals surface area contributed by atoms with Gasteiger partial charge in [0.2, 0.25) is 0 Å². The van der Waals surface area contributed by atoms with Crippen LogP contribution < -0.4 is 4.74 Å². The van der Waals surface area contributed by atoms with Crippen LogP contribution in [-0.4, -0.2) is 31.4 Å². The molecular formula is C40H60O6. The van der Waals surface area contributed by atoms with Crippen LogP contribution in [0.5, 0.6) is 5.75 Å². The van der Waals surface area contributed by atoms with E-state index in [0.29, 0.717) is 36.4 Å². The smallest absolute Gasteiger partial charge is 0.343 e. The average molecular weight is 637 g/mol. The fraction of sp³-hybridized carbons (Fsp3) is 0.675. The number of carbonyl (C=O) groups excluding carboxylic acids is 1. The summed E-state index contributed by atoms with van der Waals surface area (Å²) in [4.78, 5) is 12.9. The summed E-state index contributed by atoms with van der Waals surface area (Å²) in [6, 6.07) is 14.8. The minimum absolute atomic E-state index is 0.144. The molecule has 2 aromatic rings. The average Bonchev–Trinajstić information content (AvgIpc) is 3.07. The van der Waals surface area contributed by atoms with Crippen molar-refractivity contribution >= 4 is 5.97 Å². The second kappa shape index (κ2) is 20.2. The first-order chi connectivity index (χ1) is 22.5. The second-order valence-corrected chi connectivity index (χ2v) is 13.6. The van der Waals surface area contributed by atoms with Crippen molar-refractivity contribution in [3.05, 3.63) is 65.2 Å². The molecule has 46 heavy (non-hydrogen) atoms. The van der Waals surface area contributed by atoms with Crippen molar-refractivity contribution in [2.75, 3.05) is 13.2 Å². The lowest BCUT2D eigenvalue weighted by Gasteiger charge is -2.35. The maximum atomic E-state index is 12.9. The maximum Gasteiger partial charge on any atom is 0.343 e. The van der Waals surface area contributed by atoms with Crippen molar-refractivity contribution in [3.63, 3.8) is 0 Å². The van der Waals surface area contributed by atoms with Crippen molar-refractivity contribution in [3.8, 4) is 5.75 Å². The molecule has 2 aromatic carbocycles. The molecule has 0 N–H and O–H groups in total. The summed E-state index contributed by atoms with van der Waals surface area (Å²) in [6.45, 7) is 10.2. The Kier molecular flexibility index (Phi) is 16.1. The molecule has 0 bridgehead atoms. The van der Waals surface area contributed by atoms with Gasteiger partial charge in [0, 0.05) is 23.0 Å². The van der Waals surface area contributed by atoms with Gasteiger partial charge in [0.1, 0.15) is 5.75 Å². The molecule has 6 atom stereocenters. The summed E-state index contributed by atoms with van der Waals surface area (Å²) < 4.78 is 30.3. The first-order valence-electron chi connectivity index (χ1n) is 18.4. The van der Waals surface area contributed by atoms with Crippen molar-refractivity contribution in [2.45, 2.75) is 149 Å². The molecule has 6 heteroatoms. The third-order valence-electron chi connectivity index (χ3n) is 9.82. The molecule has 2 aliphatic heterocycles. The van der Waals surface area contributed by atoms with Gasteiger partial charge in [-0.3, -0.25) is 0 Å². The molecule has 0 amide bonds. The Labute approximate surface area is 278 Å². The zero-order valence-corrected chi connectivity index (χ0v) is 29.1. The first-order valence-corrected chi connectivity index (χ1v) is 18.4. The van der Waals surface area contributed by atoms with Crippen LogP contribution in [0, 0.1) is 11.8 Å². The fourth-order valence-electron chi connectivity index (χ4n) is 6.56.